The maximum absolute atomic E-state index is 12.4. The number of halogens is 1. The van der Waals surface area contributed by atoms with Crippen molar-refractivity contribution < 1.29 is 13.2 Å². The normalized spacial score (nSPS) is 11.3. The number of benzene rings is 2. The number of nitrogens with one attached hydrogen (secondary N) is 2. The van der Waals surface area contributed by atoms with Gasteiger partial charge in [0.2, 0.25) is 0 Å². The Balaban J connectivity index is 1.79. The van der Waals surface area contributed by atoms with E-state index in [2.05, 4.69) is 10.4 Å². The highest BCUT2D eigenvalue weighted by Gasteiger charge is 2.20. The van der Waals surface area contributed by atoms with Crippen LogP contribution in [0.25, 0.3) is 5.69 Å². The minimum Gasteiger partial charge on any atom is -0.295 e. The van der Waals surface area contributed by atoms with E-state index in [4.69, 9.17) is 11.6 Å². The summed E-state index contributed by atoms with van der Waals surface area (Å²) in [4.78, 5) is 18.3. The molecule has 134 valence electrons. The molecule has 0 fully saturated rings. The molecule has 0 atom stereocenters. The van der Waals surface area contributed by atoms with Crippen LogP contribution in [0, 0.1) is 6.92 Å². The average Bonchev–Trinajstić information content (AvgIpc) is 3.10. The van der Waals surface area contributed by atoms with Crippen molar-refractivity contribution in [2.75, 3.05) is 0 Å². The molecule has 1 aromatic heterocycles. The minimum absolute atomic E-state index is 0.0704. The quantitative estimate of drug-likeness (QED) is 0.654. The number of aromatic nitrogens is 2. The van der Waals surface area contributed by atoms with Gasteiger partial charge in [-0.15, -0.1) is 4.83 Å². The lowest BCUT2D eigenvalue weighted by molar-refractivity contribution is 0.0938. The molecular weight excluding hydrogens is 376 g/mol. The fourth-order valence-corrected chi connectivity index (χ4v) is 3.75. The Hall–Kier alpha value is -2.68. The zero-order valence-electron chi connectivity index (χ0n) is 13.7. The number of carbonyl (C=O) groups is 1. The number of amides is 1. The van der Waals surface area contributed by atoms with Crippen molar-refractivity contribution in [3.05, 3.63) is 77.3 Å². The summed E-state index contributed by atoms with van der Waals surface area (Å²) in [7, 11) is -4.01. The van der Waals surface area contributed by atoms with E-state index in [1.807, 2.05) is 23.0 Å². The molecule has 0 radical (unpaired) electrons. The van der Waals surface area contributed by atoms with E-state index in [1.54, 1.807) is 29.7 Å². The first-order valence-corrected chi connectivity index (χ1v) is 9.41. The molecule has 0 saturated carbocycles. The molecule has 0 spiro atoms. The first-order chi connectivity index (χ1) is 12.4. The fourth-order valence-electron chi connectivity index (χ4n) is 2.31. The summed E-state index contributed by atoms with van der Waals surface area (Å²) in [5, 5.41) is 0.0704. The average molecular weight is 391 g/mol. The summed E-state index contributed by atoms with van der Waals surface area (Å²) in [6.07, 6.45) is 2.81. The Morgan fingerprint density at radius 1 is 1.15 bits per heavy atom. The number of hydrogen-bond acceptors (Lipinski definition) is 4. The molecule has 0 aliphatic rings. The van der Waals surface area contributed by atoms with Crippen molar-refractivity contribution in [1.29, 1.82) is 0 Å². The van der Waals surface area contributed by atoms with Crippen molar-refractivity contribution in [1.82, 2.24) is 19.8 Å². The molecule has 9 heteroatoms. The number of hydrazine groups is 1. The van der Waals surface area contributed by atoms with E-state index in [9.17, 15) is 13.2 Å². The molecule has 0 aliphatic carbocycles. The van der Waals surface area contributed by atoms with E-state index in [-0.39, 0.29) is 15.6 Å². The Morgan fingerprint density at radius 2 is 1.88 bits per heavy atom. The van der Waals surface area contributed by atoms with Gasteiger partial charge in [0.15, 0.2) is 0 Å². The van der Waals surface area contributed by atoms with Gasteiger partial charge >= 0.3 is 0 Å². The third-order valence-electron chi connectivity index (χ3n) is 3.58. The SMILES string of the molecule is Cc1ccc(S(=O)(=O)NNC(=O)c2cncn2-c2ccccc2)c(Cl)c1. The molecule has 7 nitrogen and oxygen atoms in total. The number of aryl methyl sites for hydroxylation is 1. The molecular formula is C17H15ClN4O3S. The van der Waals surface area contributed by atoms with Gasteiger partial charge in [0.05, 0.1) is 17.5 Å². The molecule has 0 bridgehead atoms. The van der Waals surface area contributed by atoms with Crippen LogP contribution >= 0.6 is 11.6 Å². The zero-order valence-corrected chi connectivity index (χ0v) is 15.3. The summed E-state index contributed by atoms with van der Waals surface area (Å²) in [5.74, 6) is -0.654. The topological polar surface area (TPSA) is 93.1 Å². The van der Waals surface area contributed by atoms with Crippen LogP contribution in [-0.4, -0.2) is 23.9 Å². The number of para-hydroxylation sites is 1. The Bertz CT molecular complexity index is 1050. The van der Waals surface area contributed by atoms with Crippen molar-refractivity contribution in [3.63, 3.8) is 0 Å². The van der Waals surface area contributed by atoms with Crippen molar-refractivity contribution in [2.24, 2.45) is 0 Å². The Kier molecular flexibility index (Phi) is 5.08. The third kappa shape index (κ3) is 3.77. The second-order valence-electron chi connectivity index (χ2n) is 5.48. The molecule has 0 aliphatic heterocycles. The van der Waals surface area contributed by atoms with Crippen LogP contribution in [0.3, 0.4) is 0 Å². The molecule has 2 aromatic carbocycles. The molecule has 0 saturated heterocycles. The minimum atomic E-state index is -4.01. The fraction of sp³-hybridized carbons (Fsp3) is 0.0588. The predicted molar refractivity (Wildman–Crippen MR) is 97.5 cm³/mol. The molecule has 2 N–H and O–H groups in total. The molecule has 1 heterocycles. The van der Waals surface area contributed by atoms with Crippen LogP contribution in [0.5, 0.6) is 0 Å². The van der Waals surface area contributed by atoms with Crippen LogP contribution in [-0.2, 0) is 10.0 Å². The smallest absolute Gasteiger partial charge is 0.284 e. The highest BCUT2D eigenvalue weighted by molar-refractivity contribution is 7.89. The largest absolute Gasteiger partial charge is 0.295 e. The van der Waals surface area contributed by atoms with E-state index < -0.39 is 15.9 Å². The highest BCUT2D eigenvalue weighted by Crippen LogP contribution is 2.22. The van der Waals surface area contributed by atoms with Gasteiger partial charge in [-0.25, -0.2) is 13.4 Å². The number of imidazole rings is 1. The van der Waals surface area contributed by atoms with Crippen molar-refractivity contribution in [3.8, 4) is 5.69 Å². The van der Waals surface area contributed by atoms with Crippen LogP contribution in [0.15, 0.2) is 66.0 Å². The number of rotatable bonds is 5. The molecule has 3 aromatic rings. The summed E-state index contributed by atoms with van der Waals surface area (Å²) < 4.78 is 26.3. The zero-order chi connectivity index (χ0) is 18.7. The lowest BCUT2D eigenvalue weighted by Crippen LogP contribution is -2.42. The first kappa shape index (κ1) is 18.1. The second-order valence-corrected chi connectivity index (χ2v) is 7.54. The number of carbonyl (C=O) groups excluding carboxylic acids is 1. The first-order valence-electron chi connectivity index (χ1n) is 7.54. The lowest BCUT2D eigenvalue weighted by Gasteiger charge is -2.11. The summed E-state index contributed by atoms with van der Waals surface area (Å²) in [6, 6.07) is 13.6. The van der Waals surface area contributed by atoms with Crippen LogP contribution in [0.4, 0.5) is 0 Å². The van der Waals surface area contributed by atoms with Gasteiger partial charge < -0.3 is 0 Å². The van der Waals surface area contributed by atoms with E-state index >= 15 is 0 Å². The van der Waals surface area contributed by atoms with Gasteiger partial charge in [0.25, 0.3) is 15.9 Å². The van der Waals surface area contributed by atoms with Gasteiger partial charge in [0, 0.05) is 5.69 Å². The van der Waals surface area contributed by atoms with Crippen molar-refractivity contribution >= 4 is 27.5 Å². The monoisotopic (exact) mass is 390 g/mol. The number of hydrogen-bond donors (Lipinski definition) is 2. The van der Waals surface area contributed by atoms with Gasteiger partial charge in [-0.1, -0.05) is 35.9 Å². The Labute approximate surface area is 155 Å². The van der Waals surface area contributed by atoms with Gasteiger partial charge in [-0.3, -0.25) is 14.8 Å². The molecule has 26 heavy (non-hydrogen) atoms. The molecule has 3 rings (SSSR count). The van der Waals surface area contributed by atoms with E-state index in [0.717, 1.165) is 11.3 Å². The maximum Gasteiger partial charge on any atom is 0.284 e. The van der Waals surface area contributed by atoms with Gasteiger partial charge in [-0.2, -0.15) is 0 Å². The van der Waals surface area contributed by atoms with Crippen LogP contribution in [0.2, 0.25) is 5.02 Å². The number of nitrogens with zero attached hydrogens (tertiary/aromatic N) is 2. The summed E-state index contributed by atoms with van der Waals surface area (Å²) in [6.45, 7) is 1.79. The predicted octanol–water partition coefficient (Wildman–Crippen LogP) is 2.46. The third-order valence-corrected chi connectivity index (χ3v) is 5.31. The summed E-state index contributed by atoms with van der Waals surface area (Å²) in [5.41, 5.74) is 3.90. The standard InChI is InChI=1S/C17H15ClN4O3S/c1-12-7-8-16(14(18)9-12)26(24,25)21-20-17(23)15-10-19-11-22(15)13-5-3-2-4-6-13/h2-11,21H,1H3,(H,20,23). The number of sulfonamides is 1. The van der Waals surface area contributed by atoms with Gasteiger partial charge in [-0.05, 0) is 36.8 Å². The lowest BCUT2D eigenvalue weighted by atomic mass is 10.2. The molecule has 0 unspecified atom stereocenters. The van der Waals surface area contributed by atoms with Crippen molar-refractivity contribution in [2.45, 2.75) is 11.8 Å². The van der Waals surface area contributed by atoms with Gasteiger partial charge in [0.1, 0.15) is 10.6 Å². The van der Waals surface area contributed by atoms with E-state index in [1.165, 1.54) is 24.7 Å². The van der Waals surface area contributed by atoms with E-state index in [0.29, 0.717) is 0 Å². The molecule has 1 amide bonds. The Morgan fingerprint density at radius 3 is 2.58 bits per heavy atom. The second kappa shape index (κ2) is 7.28. The highest BCUT2D eigenvalue weighted by atomic mass is 35.5. The van der Waals surface area contributed by atoms with Crippen LogP contribution < -0.4 is 10.3 Å². The summed E-state index contributed by atoms with van der Waals surface area (Å²) >= 11 is 5.99. The maximum atomic E-state index is 12.4. The van der Waals surface area contributed by atoms with Crippen LogP contribution in [0.1, 0.15) is 16.1 Å².